The number of carbonyl (C=O) groups excluding carboxylic acids is 2. The Morgan fingerprint density at radius 1 is 0.800 bits per heavy atom. The number of nitrogens with zero attached hydrogens (tertiary/aromatic N) is 2. The Labute approximate surface area is 266 Å². The summed E-state index contributed by atoms with van der Waals surface area (Å²) in [4.78, 5) is 31.0. The van der Waals surface area contributed by atoms with Gasteiger partial charge in [0.05, 0.1) is 0 Å². The van der Waals surface area contributed by atoms with Gasteiger partial charge < -0.3 is 9.40 Å². The molecule has 0 N–H and O–H groups in total. The third kappa shape index (κ3) is 6.63. The maximum Gasteiger partial charge on any atom is 0.332 e. The number of aromatic nitrogens is 1. The summed E-state index contributed by atoms with van der Waals surface area (Å²) in [5, 5.41) is 6.41. The molecule has 5 aromatic rings. The second-order valence-corrected chi connectivity index (χ2v) is 12.4. The quantitative estimate of drug-likeness (QED) is 0.0656. The Kier molecular flexibility index (Phi) is 9.67. The minimum absolute atomic E-state index is 0.0374. The molecule has 5 rings (SSSR count). The zero-order valence-corrected chi connectivity index (χ0v) is 27.7. The van der Waals surface area contributed by atoms with E-state index in [1.165, 1.54) is 26.2 Å². The van der Waals surface area contributed by atoms with Crippen LogP contribution < -0.4 is 0 Å². The van der Waals surface area contributed by atoms with Crippen LogP contribution in [0.3, 0.4) is 0 Å². The van der Waals surface area contributed by atoms with Crippen LogP contribution in [-0.4, -0.2) is 22.0 Å². The van der Waals surface area contributed by atoms with Gasteiger partial charge in [-0.05, 0) is 87.1 Å². The third-order valence-corrected chi connectivity index (χ3v) is 8.95. The van der Waals surface area contributed by atoms with E-state index in [1.807, 2.05) is 51.1 Å². The summed E-state index contributed by atoms with van der Waals surface area (Å²) in [5.74, 6) is 0.118. The number of hydrogen-bond acceptors (Lipinski definition) is 4. The molecule has 0 spiro atoms. The largest absolute Gasteiger partial charge is 0.340 e. The zero-order chi connectivity index (χ0) is 32.2. The van der Waals surface area contributed by atoms with Gasteiger partial charge in [-0.3, -0.25) is 4.79 Å². The number of hydrogen-bond donors (Lipinski definition) is 0. The average Bonchev–Trinajstić information content (AvgIpc) is 3.31. The van der Waals surface area contributed by atoms with Crippen LogP contribution in [0, 0.1) is 33.6 Å². The van der Waals surface area contributed by atoms with Crippen molar-refractivity contribution < 1.29 is 14.4 Å². The van der Waals surface area contributed by atoms with E-state index in [0.29, 0.717) is 17.2 Å². The number of oxime groups is 1. The van der Waals surface area contributed by atoms with Crippen LogP contribution in [0.5, 0.6) is 0 Å². The first kappa shape index (κ1) is 31.9. The van der Waals surface area contributed by atoms with Crippen LogP contribution in [0.15, 0.2) is 78.0 Å². The molecular weight excluding hydrogens is 556 g/mol. The molecule has 0 saturated carbocycles. The molecule has 0 amide bonds. The molecule has 4 aromatic carbocycles. The summed E-state index contributed by atoms with van der Waals surface area (Å²) in [6.07, 6.45) is 4.68. The standard InChI is InChI=1S/C40H44N2O3/c1-8-10-14-30(9-2)24-42-36-18-16-31(39(41-45-29(7)43)33-15-12-11-13-26(33)4)22-34(36)35-23-32(17-19-37(35)42)40(44)38-27(5)20-25(3)21-28(38)6/h11-13,15-23,30H,8-10,14,24H2,1-7H3/b41-39-. The van der Waals surface area contributed by atoms with Gasteiger partial charge in [0.15, 0.2) is 5.78 Å². The van der Waals surface area contributed by atoms with Crippen LogP contribution in [-0.2, 0) is 16.2 Å². The monoisotopic (exact) mass is 600 g/mol. The van der Waals surface area contributed by atoms with E-state index >= 15 is 0 Å². The van der Waals surface area contributed by atoms with E-state index in [2.05, 4.69) is 73.0 Å². The van der Waals surface area contributed by atoms with Gasteiger partial charge in [0.25, 0.3) is 0 Å². The highest BCUT2D eigenvalue weighted by Gasteiger charge is 2.21. The Hall–Kier alpha value is -4.51. The summed E-state index contributed by atoms with van der Waals surface area (Å²) in [5.41, 5.74) is 10.2. The molecule has 5 nitrogen and oxygen atoms in total. The van der Waals surface area contributed by atoms with Gasteiger partial charge in [-0.1, -0.05) is 86.3 Å². The second kappa shape index (κ2) is 13.6. The first-order valence-corrected chi connectivity index (χ1v) is 16.1. The predicted octanol–water partition coefficient (Wildman–Crippen LogP) is 9.79. The smallest absolute Gasteiger partial charge is 0.332 e. The number of unbranched alkanes of at least 4 members (excludes halogenated alkanes) is 1. The van der Waals surface area contributed by atoms with Crippen molar-refractivity contribution in [2.24, 2.45) is 11.1 Å². The van der Waals surface area contributed by atoms with Gasteiger partial charge in [-0.15, -0.1) is 0 Å². The Bertz CT molecular complexity index is 1900. The molecular formula is C40H44N2O3. The molecule has 0 bridgehead atoms. The van der Waals surface area contributed by atoms with Crippen molar-refractivity contribution >= 4 is 39.3 Å². The second-order valence-electron chi connectivity index (χ2n) is 12.4. The molecule has 0 aliphatic rings. The molecule has 0 aliphatic heterocycles. The molecule has 0 saturated heterocycles. The lowest BCUT2D eigenvalue weighted by Gasteiger charge is -2.17. The first-order valence-electron chi connectivity index (χ1n) is 16.1. The molecule has 5 heteroatoms. The highest BCUT2D eigenvalue weighted by atomic mass is 16.7. The van der Waals surface area contributed by atoms with Gasteiger partial charge in [0.1, 0.15) is 5.71 Å². The molecule has 1 aromatic heterocycles. The van der Waals surface area contributed by atoms with Crippen LogP contribution in [0.1, 0.15) is 95.8 Å². The number of carbonyl (C=O) groups is 2. The molecule has 0 aliphatic carbocycles. The predicted molar refractivity (Wildman–Crippen MR) is 185 cm³/mol. The van der Waals surface area contributed by atoms with Crippen molar-refractivity contribution in [3.05, 3.63) is 117 Å². The molecule has 232 valence electrons. The van der Waals surface area contributed by atoms with E-state index in [9.17, 15) is 9.59 Å². The molecule has 45 heavy (non-hydrogen) atoms. The molecule has 0 fully saturated rings. The summed E-state index contributed by atoms with van der Waals surface area (Å²) >= 11 is 0. The summed E-state index contributed by atoms with van der Waals surface area (Å²) in [6.45, 7) is 14.9. The van der Waals surface area contributed by atoms with E-state index in [0.717, 1.165) is 73.7 Å². The van der Waals surface area contributed by atoms with Crippen molar-refractivity contribution in [2.45, 2.75) is 80.7 Å². The lowest BCUT2D eigenvalue weighted by atomic mass is 9.92. The van der Waals surface area contributed by atoms with Crippen molar-refractivity contribution in [2.75, 3.05) is 0 Å². The number of ketones is 1. The minimum Gasteiger partial charge on any atom is -0.340 e. The Balaban J connectivity index is 1.73. The summed E-state index contributed by atoms with van der Waals surface area (Å²) in [6, 6.07) is 24.6. The third-order valence-electron chi connectivity index (χ3n) is 8.95. The van der Waals surface area contributed by atoms with Gasteiger partial charge in [-0.2, -0.15) is 0 Å². The first-order chi connectivity index (χ1) is 21.6. The number of benzene rings is 4. The van der Waals surface area contributed by atoms with E-state index in [-0.39, 0.29) is 5.78 Å². The van der Waals surface area contributed by atoms with Crippen molar-refractivity contribution in [1.82, 2.24) is 4.57 Å². The molecule has 1 atom stereocenters. The van der Waals surface area contributed by atoms with Crippen molar-refractivity contribution in [3.63, 3.8) is 0 Å². The fourth-order valence-corrected chi connectivity index (χ4v) is 6.65. The maximum atomic E-state index is 14.0. The maximum absolute atomic E-state index is 14.0. The summed E-state index contributed by atoms with van der Waals surface area (Å²) < 4.78 is 2.42. The van der Waals surface area contributed by atoms with Crippen LogP contribution in [0.2, 0.25) is 0 Å². The fraction of sp³-hybridized carbons (Fsp3) is 0.325. The number of aryl methyl sites for hydroxylation is 4. The molecule has 1 heterocycles. The van der Waals surface area contributed by atoms with E-state index in [1.54, 1.807) is 0 Å². The number of fused-ring (bicyclic) bond motifs is 3. The van der Waals surface area contributed by atoms with Gasteiger partial charge >= 0.3 is 5.97 Å². The molecule has 0 radical (unpaired) electrons. The van der Waals surface area contributed by atoms with Crippen LogP contribution in [0.25, 0.3) is 21.8 Å². The Morgan fingerprint density at radius 3 is 2.02 bits per heavy atom. The fourth-order valence-electron chi connectivity index (χ4n) is 6.65. The minimum atomic E-state index is -0.471. The Morgan fingerprint density at radius 2 is 1.42 bits per heavy atom. The van der Waals surface area contributed by atoms with E-state index in [4.69, 9.17) is 4.84 Å². The van der Waals surface area contributed by atoms with E-state index < -0.39 is 5.97 Å². The SMILES string of the molecule is CCCCC(CC)Cn1c2ccc(C(=O)c3c(C)cc(C)cc3C)cc2c2cc(/C(=N/OC(C)=O)c3ccccc3C)ccc21. The topological polar surface area (TPSA) is 60.7 Å². The highest BCUT2D eigenvalue weighted by molar-refractivity contribution is 6.19. The van der Waals surface area contributed by atoms with Crippen LogP contribution >= 0.6 is 0 Å². The normalized spacial score (nSPS) is 12.6. The average molecular weight is 601 g/mol. The van der Waals surface area contributed by atoms with Crippen molar-refractivity contribution in [3.8, 4) is 0 Å². The van der Waals surface area contributed by atoms with Gasteiger partial charge in [-0.25, -0.2) is 4.79 Å². The van der Waals surface area contributed by atoms with Crippen molar-refractivity contribution in [1.29, 1.82) is 0 Å². The van der Waals surface area contributed by atoms with Crippen LogP contribution in [0.4, 0.5) is 0 Å². The molecule has 1 unspecified atom stereocenters. The van der Waals surface area contributed by atoms with Gasteiger partial charge in [0.2, 0.25) is 0 Å². The lowest BCUT2D eigenvalue weighted by Crippen LogP contribution is -2.11. The lowest BCUT2D eigenvalue weighted by molar-refractivity contribution is -0.140. The summed E-state index contributed by atoms with van der Waals surface area (Å²) in [7, 11) is 0. The number of rotatable bonds is 11. The zero-order valence-electron chi connectivity index (χ0n) is 27.7. The van der Waals surface area contributed by atoms with Gasteiger partial charge in [0, 0.05) is 57.5 Å². The highest BCUT2D eigenvalue weighted by Crippen LogP contribution is 2.34.